The van der Waals surface area contributed by atoms with Crippen LogP contribution in [0.1, 0.15) is 53.7 Å². The van der Waals surface area contributed by atoms with Gasteiger partial charge in [-0.15, -0.1) is 0 Å². The molecule has 3 aromatic heterocycles. The quantitative estimate of drug-likeness (QED) is 0.595. The molecule has 32 heavy (non-hydrogen) atoms. The number of rotatable bonds is 1. The van der Waals surface area contributed by atoms with Gasteiger partial charge in [0.25, 0.3) is 5.91 Å². The molecule has 154 valence electrons. The number of aromatic nitrogens is 4. The number of carbonyl (C=O) groups excluding carboxylic acids is 1. The summed E-state index contributed by atoms with van der Waals surface area (Å²) in [5, 5.41) is 5.63. The molecule has 1 N–H and O–H groups in total. The zero-order valence-corrected chi connectivity index (χ0v) is 17.4. The van der Waals surface area contributed by atoms with Gasteiger partial charge in [-0.2, -0.15) is 5.10 Å². The molecule has 3 aliphatic rings. The molecular weight excluding hydrogens is 404 g/mol. The minimum atomic E-state index is -1.79. The van der Waals surface area contributed by atoms with Crippen molar-refractivity contribution < 1.29 is 9.18 Å². The predicted octanol–water partition coefficient (Wildman–Crippen LogP) is 1.08. The molecule has 2 saturated carbocycles. The highest BCUT2D eigenvalue weighted by Crippen LogP contribution is 2.55. The maximum atomic E-state index is 14.4. The summed E-state index contributed by atoms with van der Waals surface area (Å²) in [6.07, 6.45) is 8.75. The van der Waals surface area contributed by atoms with E-state index < -0.39 is 16.6 Å². The first-order valence-electron chi connectivity index (χ1n) is 10.7. The van der Waals surface area contributed by atoms with Crippen LogP contribution in [0.15, 0.2) is 30.7 Å². The van der Waals surface area contributed by atoms with Crippen molar-refractivity contribution in [3.8, 4) is 0 Å². The third-order valence-electron chi connectivity index (χ3n) is 6.88. The molecule has 1 amide bonds. The summed E-state index contributed by atoms with van der Waals surface area (Å²) in [4.78, 5) is 23.8. The summed E-state index contributed by atoms with van der Waals surface area (Å²) in [6, 6.07) is 3.19. The van der Waals surface area contributed by atoms with E-state index in [4.69, 9.17) is 23.5 Å². The lowest BCUT2D eigenvalue weighted by Gasteiger charge is -2.46. The van der Waals surface area contributed by atoms with Crippen molar-refractivity contribution in [2.24, 2.45) is 0 Å². The van der Waals surface area contributed by atoms with Crippen molar-refractivity contribution in [2.75, 3.05) is 4.90 Å². The molecule has 7 nitrogen and oxygen atoms in total. The van der Waals surface area contributed by atoms with Crippen LogP contribution in [0, 0.1) is 5.82 Å². The van der Waals surface area contributed by atoms with Crippen LogP contribution in [-0.2, 0) is 12.0 Å². The molecule has 2 fully saturated rings. The smallest absolute Gasteiger partial charge is 0.257 e. The molecule has 3 aromatic rings. The Morgan fingerprint density at radius 3 is 2.59 bits per heavy atom. The number of nitrogens with zero attached hydrogens (tertiary/aromatic N) is 5. The largest absolute Gasteiger partial charge is 0.366 e. The minimum absolute atomic E-state index is 0.235. The Labute approximate surface area is 188 Å². The summed E-state index contributed by atoms with van der Waals surface area (Å²) in [7, 11) is 18.7. The summed E-state index contributed by atoms with van der Waals surface area (Å²) < 4.78 is 15.9. The predicted molar refractivity (Wildman–Crippen MR) is 118 cm³/mol. The highest BCUT2D eigenvalue weighted by molar-refractivity contribution is 6.61. The van der Waals surface area contributed by atoms with E-state index in [-0.39, 0.29) is 11.4 Å². The van der Waals surface area contributed by atoms with Gasteiger partial charge < -0.3 is 10.2 Å². The number of aryl methyl sites for hydroxylation is 1. The van der Waals surface area contributed by atoms with Crippen LogP contribution in [0.25, 0.3) is 5.65 Å². The van der Waals surface area contributed by atoms with E-state index in [0.717, 1.165) is 18.5 Å². The van der Waals surface area contributed by atoms with Crippen LogP contribution in [0.2, 0.25) is 0 Å². The van der Waals surface area contributed by atoms with E-state index in [1.54, 1.807) is 17.2 Å². The fourth-order valence-electron chi connectivity index (χ4n) is 4.99. The van der Waals surface area contributed by atoms with E-state index in [1.165, 1.54) is 23.0 Å². The van der Waals surface area contributed by atoms with E-state index in [1.807, 2.05) is 0 Å². The first-order chi connectivity index (χ1) is 15.2. The Balaban J connectivity index is 1.61. The zero-order chi connectivity index (χ0) is 22.3. The number of nitrogens with one attached hydrogen (secondary N) is 1. The Hall–Kier alpha value is -2.84. The maximum absolute atomic E-state index is 14.4. The van der Waals surface area contributed by atoms with Gasteiger partial charge in [0.1, 0.15) is 17.2 Å². The molecule has 0 unspecified atom stereocenters. The number of amides is 1. The standard InChI is InChI=1S/C21H18B3FN6O/c22-21(23,24)31-16-2-8-30-17(28-16)13(11-27-30)18(32)29-19(4-5-19)3-1-15-14(20(31)6-7-20)9-12(25)10-26-15/h2,8-11H,1,3-7H2,(H,29,32). The first kappa shape index (κ1) is 19.8. The van der Waals surface area contributed by atoms with Gasteiger partial charge in [0, 0.05) is 23.0 Å². The average molecular weight is 422 g/mol. The molecule has 0 aromatic carbocycles. The van der Waals surface area contributed by atoms with E-state index in [2.05, 4.69) is 20.4 Å². The fourth-order valence-corrected chi connectivity index (χ4v) is 4.99. The lowest BCUT2D eigenvalue weighted by molar-refractivity contribution is 0.0930. The van der Waals surface area contributed by atoms with E-state index in [9.17, 15) is 9.18 Å². The van der Waals surface area contributed by atoms with Crippen molar-refractivity contribution in [3.05, 3.63) is 53.4 Å². The van der Waals surface area contributed by atoms with E-state index >= 15 is 0 Å². The van der Waals surface area contributed by atoms with Gasteiger partial charge in [0.2, 0.25) is 0 Å². The minimum Gasteiger partial charge on any atom is -0.366 e. The van der Waals surface area contributed by atoms with Crippen molar-refractivity contribution in [1.29, 1.82) is 0 Å². The Bertz CT molecular complexity index is 1260. The van der Waals surface area contributed by atoms with Crippen molar-refractivity contribution >= 4 is 40.9 Å². The van der Waals surface area contributed by atoms with Gasteiger partial charge in [-0.05, 0) is 50.7 Å². The SMILES string of the molecule is [B]C([B])([B])N1c2ccn3ncc(c3n2)C(=O)NC2(CCc3ncc(F)cc3C13CC3)CC2. The van der Waals surface area contributed by atoms with Crippen LogP contribution in [0.5, 0.6) is 0 Å². The third-order valence-corrected chi connectivity index (χ3v) is 6.88. The number of pyridine rings is 1. The summed E-state index contributed by atoms with van der Waals surface area (Å²) in [5.74, 6) is -0.291. The van der Waals surface area contributed by atoms with Gasteiger partial charge in [0.15, 0.2) is 5.65 Å². The summed E-state index contributed by atoms with van der Waals surface area (Å²) in [6.45, 7) is 0. The lowest BCUT2D eigenvalue weighted by Crippen LogP contribution is -2.56. The molecule has 11 heteroatoms. The van der Waals surface area contributed by atoms with Crippen LogP contribution in [-0.4, -0.2) is 59.8 Å². The monoisotopic (exact) mass is 422 g/mol. The molecule has 2 spiro atoms. The topological polar surface area (TPSA) is 75.4 Å². The van der Waals surface area contributed by atoms with Crippen molar-refractivity contribution in [2.45, 2.75) is 54.8 Å². The van der Waals surface area contributed by atoms with Gasteiger partial charge in [-0.1, -0.05) is 5.24 Å². The molecule has 2 aliphatic carbocycles. The second-order valence-electron chi connectivity index (χ2n) is 9.25. The van der Waals surface area contributed by atoms with Crippen LogP contribution in [0.3, 0.4) is 0 Å². The van der Waals surface area contributed by atoms with Crippen molar-refractivity contribution in [1.82, 2.24) is 24.9 Å². The second kappa shape index (κ2) is 6.36. The highest BCUT2D eigenvalue weighted by Gasteiger charge is 2.54. The normalized spacial score (nSPS) is 21.0. The number of carbonyl (C=O) groups is 1. The number of anilines is 1. The average Bonchev–Trinajstić information content (AvgIpc) is 3.64. The van der Waals surface area contributed by atoms with Gasteiger partial charge in [-0.25, -0.2) is 13.9 Å². The number of hydrogen-bond acceptors (Lipinski definition) is 5. The molecular formula is C21H18B3FN6O. The summed E-state index contributed by atoms with van der Waals surface area (Å²) >= 11 is 0. The van der Waals surface area contributed by atoms with Crippen LogP contribution >= 0.6 is 0 Å². The molecule has 6 radical (unpaired) electrons. The maximum Gasteiger partial charge on any atom is 0.257 e. The number of hydrogen-bond donors (Lipinski definition) is 1. The second-order valence-corrected chi connectivity index (χ2v) is 9.25. The Kier molecular flexibility index (Phi) is 3.94. The van der Waals surface area contributed by atoms with Gasteiger partial charge in [0.05, 0.1) is 41.5 Å². The molecule has 0 atom stereocenters. The number of fused-ring (bicyclic) bond motifs is 3. The van der Waals surface area contributed by atoms with Crippen LogP contribution in [0.4, 0.5) is 10.2 Å². The first-order valence-corrected chi connectivity index (χ1v) is 10.7. The van der Waals surface area contributed by atoms with E-state index in [0.29, 0.717) is 48.3 Å². The zero-order valence-electron chi connectivity index (χ0n) is 17.4. The van der Waals surface area contributed by atoms with Gasteiger partial charge >= 0.3 is 0 Å². The fraction of sp³-hybridized carbons (Fsp3) is 0.429. The highest BCUT2D eigenvalue weighted by atomic mass is 19.1. The summed E-state index contributed by atoms with van der Waals surface area (Å²) in [5.41, 5.74) is 1.15. The molecule has 6 rings (SSSR count). The van der Waals surface area contributed by atoms with Gasteiger partial charge in [-0.3, -0.25) is 9.78 Å². The Morgan fingerprint density at radius 2 is 1.91 bits per heavy atom. The molecule has 0 saturated heterocycles. The molecule has 4 heterocycles. The molecule has 1 aliphatic heterocycles. The van der Waals surface area contributed by atoms with Crippen LogP contribution < -0.4 is 10.2 Å². The Morgan fingerprint density at radius 1 is 1.12 bits per heavy atom. The molecule has 2 bridgehead atoms. The van der Waals surface area contributed by atoms with Crippen molar-refractivity contribution in [3.63, 3.8) is 0 Å². The number of halogens is 1. The third kappa shape index (κ3) is 2.97. The lowest BCUT2D eigenvalue weighted by atomic mass is 9.47.